The van der Waals surface area contributed by atoms with Gasteiger partial charge in [0.1, 0.15) is 0 Å². The maximum absolute atomic E-state index is 4.96. The molecule has 1 heterocycles. The van der Waals surface area contributed by atoms with Gasteiger partial charge in [-0.1, -0.05) is 11.8 Å². The second kappa shape index (κ2) is 4.33. The normalized spacial score (nSPS) is 27.5. The van der Waals surface area contributed by atoms with E-state index in [9.17, 15) is 0 Å². The number of hydrogen-bond acceptors (Lipinski definition) is 4. The van der Waals surface area contributed by atoms with E-state index in [0.29, 0.717) is 0 Å². The summed E-state index contributed by atoms with van der Waals surface area (Å²) in [6.45, 7) is 2.65. The van der Waals surface area contributed by atoms with Gasteiger partial charge in [0.15, 0.2) is 5.17 Å². The van der Waals surface area contributed by atoms with Crippen molar-refractivity contribution in [2.24, 2.45) is 10.9 Å². The van der Waals surface area contributed by atoms with Crippen LogP contribution in [-0.2, 0) is 4.74 Å². The minimum Gasteiger partial charge on any atom is -0.383 e. The Morgan fingerprint density at radius 2 is 2.46 bits per heavy atom. The lowest BCUT2D eigenvalue weighted by Crippen LogP contribution is -2.23. The Kier molecular flexibility index (Phi) is 3.11. The summed E-state index contributed by atoms with van der Waals surface area (Å²) in [4.78, 5) is 4.46. The quantitative estimate of drug-likeness (QED) is 0.690. The molecule has 1 N–H and O–H groups in total. The van der Waals surface area contributed by atoms with Gasteiger partial charge in [-0.2, -0.15) is 0 Å². The van der Waals surface area contributed by atoms with Crippen LogP contribution in [0.25, 0.3) is 0 Å². The van der Waals surface area contributed by atoms with Crippen LogP contribution in [0.3, 0.4) is 0 Å². The Morgan fingerprint density at radius 1 is 1.62 bits per heavy atom. The third kappa shape index (κ3) is 2.61. The minimum absolute atomic E-state index is 0.758. The van der Waals surface area contributed by atoms with Gasteiger partial charge in [0.25, 0.3) is 0 Å². The van der Waals surface area contributed by atoms with Crippen molar-refractivity contribution in [1.29, 1.82) is 0 Å². The van der Waals surface area contributed by atoms with E-state index < -0.39 is 0 Å². The molecular formula is C9H16N2OS. The van der Waals surface area contributed by atoms with Gasteiger partial charge in [-0.05, 0) is 18.8 Å². The molecule has 4 heteroatoms. The van der Waals surface area contributed by atoms with Gasteiger partial charge in [0, 0.05) is 18.9 Å². The molecule has 0 aromatic rings. The Hall–Kier alpha value is -0.220. The standard InChI is InChI=1S/C9H16N2OS/c1-12-5-4-10-9-11-6-8(13-9)7-2-3-7/h7-8H,2-6H2,1H3,(H,10,11). The smallest absolute Gasteiger partial charge is 0.157 e. The van der Waals surface area contributed by atoms with Crippen molar-refractivity contribution in [3.05, 3.63) is 0 Å². The van der Waals surface area contributed by atoms with Crippen molar-refractivity contribution in [3.8, 4) is 0 Å². The van der Waals surface area contributed by atoms with Crippen LogP contribution in [0, 0.1) is 5.92 Å². The molecule has 1 fully saturated rings. The summed E-state index contributed by atoms with van der Waals surface area (Å²) in [5.41, 5.74) is 0. The van der Waals surface area contributed by atoms with Crippen LogP contribution >= 0.6 is 11.8 Å². The van der Waals surface area contributed by atoms with E-state index >= 15 is 0 Å². The Balaban J connectivity index is 1.64. The fourth-order valence-corrected chi connectivity index (χ4v) is 2.70. The average Bonchev–Trinajstić information content (AvgIpc) is 2.88. The summed E-state index contributed by atoms with van der Waals surface area (Å²) >= 11 is 1.92. The number of methoxy groups -OCH3 is 1. The van der Waals surface area contributed by atoms with Crippen LogP contribution in [0.1, 0.15) is 12.8 Å². The number of thioether (sulfide) groups is 1. The van der Waals surface area contributed by atoms with Gasteiger partial charge >= 0.3 is 0 Å². The highest BCUT2D eigenvalue weighted by Gasteiger charge is 2.35. The maximum Gasteiger partial charge on any atom is 0.157 e. The van der Waals surface area contributed by atoms with Crippen LogP contribution in [0.4, 0.5) is 0 Å². The molecule has 0 saturated heterocycles. The molecule has 1 atom stereocenters. The van der Waals surface area contributed by atoms with Crippen LogP contribution in [-0.4, -0.2) is 37.2 Å². The topological polar surface area (TPSA) is 33.6 Å². The third-order valence-corrected chi connectivity index (χ3v) is 3.74. The predicted molar refractivity (Wildman–Crippen MR) is 56.3 cm³/mol. The number of hydrogen-bond donors (Lipinski definition) is 1. The molecule has 0 amide bonds. The molecule has 0 spiro atoms. The van der Waals surface area contributed by atoms with Crippen LogP contribution in [0.15, 0.2) is 4.99 Å². The minimum atomic E-state index is 0.758. The third-order valence-electron chi connectivity index (χ3n) is 2.41. The molecule has 1 saturated carbocycles. The van der Waals surface area contributed by atoms with Gasteiger partial charge in [-0.3, -0.25) is 4.99 Å². The molecule has 0 aromatic carbocycles. The largest absolute Gasteiger partial charge is 0.383 e. The van der Waals surface area contributed by atoms with Gasteiger partial charge < -0.3 is 10.1 Å². The Bertz CT molecular complexity index is 204. The van der Waals surface area contributed by atoms with Crippen LogP contribution in [0.2, 0.25) is 0 Å². The zero-order valence-electron chi connectivity index (χ0n) is 7.95. The summed E-state index contributed by atoms with van der Waals surface area (Å²) in [5, 5.41) is 5.17. The maximum atomic E-state index is 4.96. The van der Waals surface area contributed by atoms with Crippen molar-refractivity contribution in [1.82, 2.24) is 5.32 Å². The molecule has 1 unspecified atom stereocenters. The van der Waals surface area contributed by atoms with E-state index in [4.69, 9.17) is 4.74 Å². The number of rotatable bonds is 4. The highest BCUT2D eigenvalue weighted by Crippen LogP contribution is 2.41. The van der Waals surface area contributed by atoms with E-state index in [2.05, 4.69) is 10.3 Å². The van der Waals surface area contributed by atoms with Crippen LogP contribution in [0.5, 0.6) is 0 Å². The van der Waals surface area contributed by atoms with Crippen molar-refractivity contribution in [2.45, 2.75) is 18.1 Å². The van der Waals surface area contributed by atoms with E-state index in [-0.39, 0.29) is 0 Å². The van der Waals surface area contributed by atoms with E-state index in [1.54, 1.807) is 7.11 Å². The molecule has 3 nitrogen and oxygen atoms in total. The number of ether oxygens (including phenoxy) is 1. The van der Waals surface area contributed by atoms with Crippen molar-refractivity contribution in [2.75, 3.05) is 26.8 Å². The lowest BCUT2D eigenvalue weighted by Gasteiger charge is -2.06. The Morgan fingerprint density at radius 3 is 3.15 bits per heavy atom. The number of aliphatic imine (C=N–C) groups is 1. The average molecular weight is 200 g/mol. The first-order valence-electron chi connectivity index (χ1n) is 4.84. The van der Waals surface area contributed by atoms with Crippen molar-refractivity contribution >= 4 is 16.9 Å². The lowest BCUT2D eigenvalue weighted by atomic mass is 10.3. The summed E-state index contributed by atoms with van der Waals surface area (Å²) in [6.07, 6.45) is 2.83. The first-order chi connectivity index (χ1) is 6.40. The fourth-order valence-electron chi connectivity index (χ4n) is 1.46. The molecule has 2 rings (SSSR count). The van der Waals surface area contributed by atoms with Gasteiger partial charge in [-0.15, -0.1) is 0 Å². The SMILES string of the molecule is COCCNC1=NCC(C2CC2)S1. The summed E-state index contributed by atoms with van der Waals surface area (Å²) < 4.78 is 4.96. The molecule has 1 aliphatic heterocycles. The lowest BCUT2D eigenvalue weighted by molar-refractivity contribution is 0.204. The van der Waals surface area contributed by atoms with Crippen molar-refractivity contribution < 1.29 is 4.74 Å². The number of nitrogens with zero attached hydrogens (tertiary/aromatic N) is 1. The molecule has 13 heavy (non-hydrogen) atoms. The first kappa shape index (κ1) is 9.34. The summed E-state index contributed by atoms with van der Waals surface area (Å²) in [6, 6.07) is 0. The van der Waals surface area contributed by atoms with Crippen LogP contribution < -0.4 is 5.32 Å². The Labute approximate surface area is 83.3 Å². The predicted octanol–water partition coefficient (Wildman–Crippen LogP) is 1.10. The van der Waals surface area contributed by atoms with E-state index in [1.807, 2.05) is 11.8 Å². The van der Waals surface area contributed by atoms with Gasteiger partial charge in [0.05, 0.1) is 13.2 Å². The zero-order chi connectivity index (χ0) is 9.10. The second-order valence-corrected chi connectivity index (χ2v) is 4.79. The van der Waals surface area contributed by atoms with Gasteiger partial charge in [0.2, 0.25) is 0 Å². The number of nitrogens with one attached hydrogen (secondary N) is 1. The van der Waals surface area contributed by atoms with Crippen molar-refractivity contribution in [3.63, 3.8) is 0 Å². The monoisotopic (exact) mass is 200 g/mol. The molecule has 0 bridgehead atoms. The molecule has 74 valence electrons. The highest BCUT2D eigenvalue weighted by atomic mass is 32.2. The summed E-state index contributed by atoms with van der Waals surface area (Å²) in [5.74, 6) is 0.954. The van der Waals surface area contributed by atoms with Gasteiger partial charge in [-0.25, -0.2) is 0 Å². The first-order valence-corrected chi connectivity index (χ1v) is 5.72. The molecular weight excluding hydrogens is 184 g/mol. The van der Waals surface area contributed by atoms with E-state index in [1.165, 1.54) is 12.8 Å². The van der Waals surface area contributed by atoms with E-state index in [0.717, 1.165) is 36.0 Å². The molecule has 0 aromatic heterocycles. The fraction of sp³-hybridized carbons (Fsp3) is 0.889. The molecule has 1 aliphatic carbocycles. The molecule has 0 radical (unpaired) electrons. The second-order valence-electron chi connectivity index (χ2n) is 3.56. The number of amidine groups is 1. The highest BCUT2D eigenvalue weighted by molar-refractivity contribution is 8.14. The summed E-state index contributed by atoms with van der Waals surface area (Å²) in [7, 11) is 1.72. The molecule has 2 aliphatic rings. The zero-order valence-corrected chi connectivity index (χ0v) is 8.77.